The Hall–Kier alpha value is -0.400. The maximum absolute atomic E-state index is 12.2. The van der Waals surface area contributed by atoms with Crippen LogP contribution in [0.2, 0.25) is 0 Å². The van der Waals surface area contributed by atoms with Gasteiger partial charge in [-0.2, -0.15) is 0 Å². The van der Waals surface area contributed by atoms with Gasteiger partial charge >= 0.3 is 0 Å². The highest BCUT2D eigenvalue weighted by Gasteiger charge is 2.32. The fourth-order valence-electron chi connectivity index (χ4n) is 1.90. The van der Waals surface area contributed by atoms with Crippen LogP contribution in [0.3, 0.4) is 0 Å². The molecular weight excluding hydrogens is 586 g/mol. The summed E-state index contributed by atoms with van der Waals surface area (Å²) in [5.74, 6) is -0.529. The van der Waals surface area contributed by atoms with E-state index >= 15 is 0 Å². The first-order chi connectivity index (χ1) is 13.0. The molecule has 0 saturated carbocycles. The van der Waals surface area contributed by atoms with Crippen LogP contribution < -0.4 is 10.6 Å². The summed E-state index contributed by atoms with van der Waals surface area (Å²) in [4.78, 5) is 38.6. The number of hydrogen-bond acceptors (Lipinski definition) is 6. The van der Waals surface area contributed by atoms with E-state index in [9.17, 15) is 19.5 Å². The summed E-state index contributed by atoms with van der Waals surface area (Å²) in [6, 6.07) is 0. The van der Waals surface area contributed by atoms with Crippen LogP contribution >= 0.6 is 59.6 Å². The zero-order valence-electron chi connectivity index (χ0n) is 15.3. The Labute approximate surface area is 192 Å². The zero-order valence-corrected chi connectivity index (χ0v) is 20.8. The average molecular weight is 608 g/mol. The molecule has 1 aromatic heterocycles. The molecule has 0 fully saturated rings. The number of H-pyrrole nitrogens is 1. The van der Waals surface area contributed by atoms with Gasteiger partial charge in [-0.25, -0.2) is 0 Å². The number of amides is 2. The van der Waals surface area contributed by atoms with Crippen LogP contribution in [0.25, 0.3) is 0 Å². The summed E-state index contributed by atoms with van der Waals surface area (Å²) in [6.45, 7) is 3.14. The van der Waals surface area contributed by atoms with Crippen molar-refractivity contribution in [3.63, 3.8) is 0 Å². The summed E-state index contributed by atoms with van der Waals surface area (Å²) in [5, 5.41) is 24.0. The molecule has 1 aromatic rings. The molecule has 158 valence electrons. The summed E-state index contributed by atoms with van der Waals surface area (Å²) < 4.78 is 2.01. The molecule has 1 atom stereocenters. The summed E-state index contributed by atoms with van der Waals surface area (Å²) in [6.07, 6.45) is -1.33. The number of aromatic nitrogens is 1. The number of aromatic amines is 1. The number of nitrogens with one attached hydrogen (secondary N) is 3. The molecule has 0 aliphatic carbocycles. The van der Waals surface area contributed by atoms with Crippen LogP contribution in [0, 0.1) is 5.41 Å². The van der Waals surface area contributed by atoms with Crippen molar-refractivity contribution >= 4 is 76.5 Å². The molecule has 1 heterocycles. The van der Waals surface area contributed by atoms with Crippen LogP contribution in [0.5, 0.6) is 0 Å². The van der Waals surface area contributed by atoms with Crippen molar-refractivity contribution in [2.24, 2.45) is 5.41 Å². The Balaban J connectivity index is 2.26. The van der Waals surface area contributed by atoms with E-state index in [0.29, 0.717) is 27.1 Å². The highest BCUT2D eigenvalue weighted by atomic mass is 79.9. The third-order valence-electron chi connectivity index (χ3n) is 3.75. The number of thioether (sulfide) groups is 1. The molecule has 0 radical (unpaired) electrons. The Kier molecular flexibility index (Phi) is 10.7. The fourth-order valence-corrected chi connectivity index (χ4v) is 4.15. The Morgan fingerprint density at radius 2 is 1.79 bits per heavy atom. The van der Waals surface area contributed by atoms with Crippen molar-refractivity contribution in [1.82, 2.24) is 15.6 Å². The van der Waals surface area contributed by atoms with Crippen molar-refractivity contribution in [1.29, 1.82) is 0 Å². The van der Waals surface area contributed by atoms with Gasteiger partial charge in [0.25, 0.3) is 0 Å². The van der Waals surface area contributed by atoms with Gasteiger partial charge in [-0.15, -0.1) is 0 Å². The molecule has 1 rings (SSSR count). The van der Waals surface area contributed by atoms with Gasteiger partial charge in [0.1, 0.15) is 11.8 Å². The van der Waals surface area contributed by atoms with E-state index in [2.05, 4.69) is 63.4 Å². The molecule has 0 bridgehead atoms. The van der Waals surface area contributed by atoms with Crippen LogP contribution in [0.4, 0.5) is 0 Å². The first-order valence-corrected chi connectivity index (χ1v) is 11.6. The van der Waals surface area contributed by atoms with Crippen LogP contribution in [-0.4, -0.2) is 63.7 Å². The maximum Gasteiger partial charge on any atom is 0.249 e. The summed E-state index contributed by atoms with van der Waals surface area (Å²) >= 11 is 11.0. The minimum atomic E-state index is -1.37. The van der Waals surface area contributed by atoms with Gasteiger partial charge in [0.15, 0.2) is 0 Å². The number of carbonyl (C=O) groups excluding carboxylic acids is 3. The third-order valence-corrected chi connectivity index (χ3v) is 7.87. The SMILES string of the molecule is CC(C)(CO)[C@@H](O)C(=O)NCCC(=O)NCCSC(=O)c1[nH]c(Br)c(Br)c1Br. The first kappa shape index (κ1) is 25.6. The summed E-state index contributed by atoms with van der Waals surface area (Å²) in [7, 11) is 0. The van der Waals surface area contributed by atoms with Crippen LogP contribution in [0.15, 0.2) is 13.5 Å². The lowest BCUT2D eigenvalue weighted by atomic mass is 9.87. The van der Waals surface area contributed by atoms with Gasteiger partial charge in [-0.1, -0.05) is 25.6 Å². The number of aliphatic hydroxyl groups is 2. The molecule has 0 unspecified atom stereocenters. The second-order valence-corrected chi connectivity index (χ2v) is 9.96. The molecule has 2 amide bonds. The maximum atomic E-state index is 12.2. The quantitative estimate of drug-likeness (QED) is 0.259. The van der Waals surface area contributed by atoms with Gasteiger partial charge in [-0.3, -0.25) is 14.4 Å². The Morgan fingerprint density at radius 1 is 1.14 bits per heavy atom. The average Bonchev–Trinajstić information content (AvgIpc) is 2.91. The number of carbonyl (C=O) groups is 3. The summed E-state index contributed by atoms with van der Waals surface area (Å²) in [5.41, 5.74) is -0.544. The highest BCUT2D eigenvalue weighted by Crippen LogP contribution is 2.35. The van der Waals surface area contributed by atoms with Gasteiger partial charge < -0.3 is 25.8 Å². The molecule has 12 heteroatoms. The standard InChI is InChI=1S/C16H22Br3N3O5S/c1-16(2,7-23)12(25)14(26)21-4-3-8(24)20-5-6-28-15(27)11-9(17)10(18)13(19)22-11/h12,22-23,25H,3-7H2,1-2H3,(H,20,24)(H,21,26)/t12-/m0/s1. The number of hydrogen-bond donors (Lipinski definition) is 5. The molecular formula is C16H22Br3N3O5S. The molecule has 0 saturated heterocycles. The monoisotopic (exact) mass is 605 g/mol. The predicted molar refractivity (Wildman–Crippen MR) is 118 cm³/mol. The molecule has 0 aromatic carbocycles. The lowest BCUT2D eigenvalue weighted by Crippen LogP contribution is -2.46. The van der Waals surface area contributed by atoms with Crippen LogP contribution in [0.1, 0.15) is 30.8 Å². The normalized spacial score (nSPS) is 12.5. The minimum Gasteiger partial charge on any atom is -0.396 e. The lowest BCUT2D eigenvalue weighted by molar-refractivity contribution is -0.137. The van der Waals surface area contributed by atoms with Crippen molar-refractivity contribution in [2.45, 2.75) is 26.4 Å². The number of halogens is 3. The van der Waals surface area contributed by atoms with E-state index < -0.39 is 17.4 Å². The third kappa shape index (κ3) is 7.45. The van der Waals surface area contributed by atoms with E-state index in [1.165, 1.54) is 0 Å². The Morgan fingerprint density at radius 3 is 2.32 bits per heavy atom. The second-order valence-electron chi connectivity index (χ2n) is 6.52. The van der Waals surface area contributed by atoms with E-state index in [4.69, 9.17) is 5.11 Å². The highest BCUT2D eigenvalue weighted by molar-refractivity contribution is 9.14. The van der Waals surface area contributed by atoms with Crippen LogP contribution in [-0.2, 0) is 9.59 Å². The second kappa shape index (κ2) is 11.7. The van der Waals surface area contributed by atoms with Gasteiger partial charge in [0, 0.05) is 30.7 Å². The number of rotatable bonds is 10. The number of aliphatic hydroxyl groups excluding tert-OH is 2. The first-order valence-electron chi connectivity index (χ1n) is 8.24. The zero-order chi connectivity index (χ0) is 21.5. The largest absolute Gasteiger partial charge is 0.396 e. The van der Waals surface area contributed by atoms with Gasteiger partial charge in [0.2, 0.25) is 16.9 Å². The van der Waals surface area contributed by atoms with Crippen molar-refractivity contribution < 1.29 is 24.6 Å². The molecule has 8 nitrogen and oxygen atoms in total. The van der Waals surface area contributed by atoms with E-state index in [1.807, 2.05) is 0 Å². The van der Waals surface area contributed by atoms with Crippen molar-refractivity contribution in [2.75, 3.05) is 25.4 Å². The fraction of sp³-hybridized carbons (Fsp3) is 0.562. The van der Waals surface area contributed by atoms with E-state index in [-0.39, 0.29) is 30.6 Å². The van der Waals surface area contributed by atoms with Crippen molar-refractivity contribution in [3.8, 4) is 0 Å². The predicted octanol–water partition coefficient (Wildman–Crippen LogP) is 2.18. The smallest absolute Gasteiger partial charge is 0.249 e. The molecule has 5 N–H and O–H groups in total. The molecule has 28 heavy (non-hydrogen) atoms. The molecule has 0 spiro atoms. The topological polar surface area (TPSA) is 132 Å². The van der Waals surface area contributed by atoms with Gasteiger partial charge in [-0.05, 0) is 47.8 Å². The van der Waals surface area contributed by atoms with Crippen molar-refractivity contribution in [3.05, 3.63) is 19.2 Å². The lowest BCUT2D eigenvalue weighted by Gasteiger charge is -2.27. The minimum absolute atomic E-state index is 0.0404. The molecule has 0 aliphatic heterocycles. The Bertz CT molecular complexity index is 727. The molecule has 0 aliphatic rings. The van der Waals surface area contributed by atoms with E-state index in [1.54, 1.807) is 13.8 Å². The van der Waals surface area contributed by atoms with Gasteiger partial charge in [0.05, 0.1) is 20.2 Å². The van der Waals surface area contributed by atoms with E-state index in [0.717, 1.165) is 16.2 Å².